The van der Waals surface area contributed by atoms with Crippen molar-refractivity contribution >= 4 is 22.0 Å². The molecule has 25 heavy (non-hydrogen) atoms. The highest BCUT2D eigenvalue weighted by Gasteiger charge is 2.38. The second-order valence-electron chi connectivity index (χ2n) is 5.55. The molecule has 1 unspecified atom stereocenters. The predicted molar refractivity (Wildman–Crippen MR) is 89.5 cm³/mol. The van der Waals surface area contributed by atoms with Gasteiger partial charge in [-0.3, -0.25) is 9.52 Å². The fourth-order valence-electron chi connectivity index (χ4n) is 2.11. The lowest BCUT2D eigenvalue weighted by molar-refractivity contribution is -0.121. The summed E-state index contributed by atoms with van der Waals surface area (Å²) in [6.45, 7) is 0.115. The van der Waals surface area contributed by atoms with Gasteiger partial charge in [-0.2, -0.15) is 0 Å². The van der Waals surface area contributed by atoms with E-state index in [4.69, 9.17) is 16.3 Å². The molecule has 1 aromatic rings. The number of ether oxygens (including phenoxy) is 1. The van der Waals surface area contributed by atoms with Crippen LogP contribution in [0.1, 0.15) is 18.4 Å². The Morgan fingerprint density at radius 2 is 1.96 bits per heavy atom. The van der Waals surface area contributed by atoms with E-state index in [0.717, 1.165) is 0 Å². The fourth-order valence-corrected chi connectivity index (χ4v) is 3.46. The van der Waals surface area contributed by atoms with Crippen molar-refractivity contribution in [3.63, 3.8) is 0 Å². The lowest BCUT2D eigenvalue weighted by Crippen LogP contribution is -2.49. The zero-order valence-corrected chi connectivity index (χ0v) is 14.1. The van der Waals surface area contributed by atoms with Gasteiger partial charge in [0.25, 0.3) is 5.91 Å². The van der Waals surface area contributed by atoms with E-state index in [0.29, 0.717) is 24.2 Å². The first kappa shape index (κ1) is 18.6. The maximum atomic E-state index is 12.2. The van der Waals surface area contributed by atoms with Gasteiger partial charge in [0.1, 0.15) is 18.4 Å². The third kappa shape index (κ3) is 5.69. The van der Waals surface area contributed by atoms with Crippen LogP contribution in [0, 0.1) is 12.3 Å². The van der Waals surface area contributed by atoms with Crippen LogP contribution in [0.5, 0.6) is 5.75 Å². The van der Waals surface area contributed by atoms with E-state index < -0.39 is 33.3 Å². The van der Waals surface area contributed by atoms with Gasteiger partial charge in [0.15, 0.2) is 0 Å². The Bertz CT molecular complexity index is 778. The summed E-state index contributed by atoms with van der Waals surface area (Å²) in [5.41, 5.74) is 0.630. The van der Waals surface area contributed by atoms with Crippen molar-refractivity contribution in [3.05, 3.63) is 29.8 Å². The van der Waals surface area contributed by atoms with Crippen molar-refractivity contribution in [2.75, 3.05) is 6.61 Å². The third-order valence-electron chi connectivity index (χ3n) is 3.51. The minimum absolute atomic E-state index is 0.00621. The molecule has 1 aliphatic rings. The van der Waals surface area contributed by atoms with Gasteiger partial charge in [0.2, 0.25) is 10.0 Å². The van der Waals surface area contributed by atoms with Crippen molar-refractivity contribution in [1.29, 1.82) is 0 Å². The number of hydrogen-bond donors (Lipinski definition) is 3. The van der Waals surface area contributed by atoms with Gasteiger partial charge in [-0.25, -0.2) is 13.2 Å². The number of sulfonamides is 1. The van der Waals surface area contributed by atoms with E-state index in [-0.39, 0.29) is 13.0 Å². The molecule has 2 rings (SSSR count). The van der Waals surface area contributed by atoms with Crippen LogP contribution in [-0.2, 0) is 21.2 Å². The van der Waals surface area contributed by atoms with Gasteiger partial charge >= 0.3 is 6.09 Å². The summed E-state index contributed by atoms with van der Waals surface area (Å²) in [7, 11) is -3.75. The minimum Gasteiger partial charge on any atom is -0.481 e. The van der Waals surface area contributed by atoms with Crippen LogP contribution in [0.3, 0.4) is 0 Å². The number of carbonyl (C=O) groups excluding carboxylic acids is 1. The molecule has 9 heteroatoms. The van der Waals surface area contributed by atoms with Crippen molar-refractivity contribution < 1.29 is 27.9 Å². The van der Waals surface area contributed by atoms with Crippen molar-refractivity contribution in [1.82, 2.24) is 10.0 Å². The second-order valence-corrected chi connectivity index (χ2v) is 7.51. The molecule has 1 aliphatic carbocycles. The lowest BCUT2D eigenvalue weighted by atomic mass is 10.1. The van der Waals surface area contributed by atoms with E-state index in [9.17, 15) is 18.0 Å². The van der Waals surface area contributed by atoms with E-state index in [2.05, 4.69) is 5.92 Å². The minimum atomic E-state index is -3.75. The summed E-state index contributed by atoms with van der Waals surface area (Å²) in [6, 6.07) is 5.31. The third-order valence-corrected chi connectivity index (χ3v) is 5.34. The molecule has 0 radical (unpaired) electrons. The summed E-state index contributed by atoms with van der Waals surface area (Å²) in [5.74, 6) is 1.96. The monoisotopic (exact) mass is 366 g/mol. The van der Waals surface area contributed by atoms with Crippen LogP contribution < -0.4 is 14.8 Å². The highest BCUT2D eigenvalue weighted by molar-refractivity contribution is 7.90. The Morgan fingerprint density at radius 1 is 1.32 bits per heavy atom. The molecular weight excluding hydrogens is 348 g/mol. The molecule has 0 aliphatic heterocycles. The molecule has 134 valence electrons. The lowest BCUT2D eigenvalue weighted by Gasteiger charge is -2.17. The summed E-state index contributed by atoms with van der Waals surface area (Å²) in [5, 5.41) is 10.4. The van der Waals surface area contributed by atoms with Gasteiger partial charge in [0, 0.05) is 6.42 Å². The smallest absolute Gasteiger partial charge is 0.405 e. The highest BCUT2D eigenvalue weighted by atomic mass is 32.2. The Hall–Kier alpha value is -2.73. The predicted octanol–water partition coefficient (Wildman–Crippen LogP) is 0.486. The van der Waals surface area contributed by atoms with Gasteiger partial charge < -0.3 is 15.2 Å². The molecular formula is C16H18N2O6S. The molecule has 2 amide bonds. The summed E-state index contributed by atoms with van der Waals surface area (Å²) in [4.78, 5) is 23.1. The Balaban J connectivity index is 2.05. The zero-order chi connectivity index (χ0) is 18.4. The molecule has 1 aromatic carbocycles. The second kappa shape index (κ2) is 7.90. The van der Waals surface area contributed by atoms with E-state index in [1.165, 1.54) is 0 Å². The van der Waals surface area contributed by atoms with Crippen molar-refractivity contribution in [2.24, 2.45) is 0 Å². The van der Waals surface area contributed by atoms with Gasteiger partial charge in [0.05, 0.1) is 5.25 Å². The number of hydrogen-bond acceptors (Lipinski definition) is 5. The van der Waals surface area contributed by atoms with Crippen LogP contribution >= 0.6 is 0 Å². The normalized spacial score (nSPS) is 14.8. The largest absolute Gasteiger partial charge is 0.481 e. The summed E-state index contributed by atoms with van der Waals surface area (Å²) >= 11 is 0. The Kier molecular flexibility index (Phi) is 5.88. The zero-order valence-electron chi connectivity index (χ0n) is 13.3. The first-order valence-electron chi connectivity index (χ1n) is 7.52. The average Bonchev–Trinajstić information content (AvgIpc) is 3.38. The molecule has 8 nitrogen and oxygen atoms in total. The fraction of sp³-hybridized carbons (Fsp3) is 0.375. The van der Waals surface area contributed by atoms with E-state index in [1.54, 1.807) is 24.3 Å². The standard InChI is InChI=1S/C16H18N2O6S/c1-2-9-24-12-5-3-11(4-6-12)10-14(17-16(20)21)15(19)18-25(22,23)13-7-8-13/h1,3-6,13-14,17H,7-10H2,(H,18,19)(H,20,21). The quantitative estimate of drug-likeness (QED) is 0.576. The highest BCUT2D eigenvalue weighted by Crippen LogP contribution is 2.27. The van der Waals surface area contributed by atoms with E-state index in [1.807, 2.05) is 10.0 Å². The number of nitrogens with one attached hydrogen (secondary N) is 2. The number of terminal acetylenes is 1. The molecule has 1 saturated carbocycles. The number of amides is 2. The number of rotatable bonds is 8. The van der Waals surface area contributed by atoms with Crippen molar-refractivity contribution in [3.8, 4) is 18.1 Å². The SMILES string of the molecule is C#CCOc1ccc(CC(NC(=O)O)C(=O)NS(=O)(=O)C2CC2)cc1. The topological polar surface area (TPSA) is 122 Å². The molecule has 0 saturated heterocycles. The van der Waals surface area contributed by atoms with E-state index >= 15 is 0 Å². The maximum Gasteiger partial charge on any atom is 0.405 e. The van der Waals surface area contributed by atoms with Crippen LogP contribution in [0.2, 0.25) is 0 Å². The van der Waals surface area contributed by atoms with Crippen LogP contribution in [0.4, 0.5) is 4.79 Å². The van der Waals surface area contributed by atoms with Crippen LogP contribution in [-0.4, -0.2) is 43.4 Å². The molecule has 0 aromatic heterocycles. The van der Waals surface area contributed by atoms with Crippen molar-refractivity contribution in [2.45, 2.75) is 30.6 Å². The molecule has 0 bridgehead atoms. The maximum absolute atomic E-state index is 12.2. The van der Waals surface area contributed by atoms with Crippen LogP contribution in [0.15, 0.2) is 24.3 Å². The molecule has 1 fully saturated rings. The van der Waals surface area contributed by atoms with Crippen LogP contribution in [0.25, 0.3) is 0 Å². The summed E-state index contributed by atoms with van der Waals surface area (Å²) in [6.07, 6.45) is 4.67. The first-order valence-corrected chi connectivity index (χ1v) is 9.06. The van der Waals surface area contributed by atoms with Gasteiger partial charge in [-0.05, 0) is 30.5 Å². The Labute approximate surface area is 145 Å². The number of benzene rings is 1. The van der Waals surface area contributed by atoms with Gasteiger partial charge in [-0.1, -0.05) is 18.1 Å². The number of carbonyl (C=O) groups is 2. The molecule has 0 heterocycles. The van der Waals surface area contributed by atoms with Gasteiger partial charge in [-0.15, -0.1) is 6.42 Å². The Morgan fingerprint density at radius 3 is 2.48 bits per heavy atom. The average molecular weight is 366 g/mol. The molecule has 3 N–H and O–H groups in total. The molecule has 1 atom stereocenters. The summed E-state index contributed by atoms with van der Waals surface area (Å²) < 4.78 is 30.9. The first-order chi connectivity index (χ1) is 11.8. The number of carboxylic acid groups (broad SMARTS) is 1. The molecule has 0 spiro atoms.